The Bertz CT molecular complexity index is 464. The van der Waals surface area contributed by atoms with Crippen molar-refractivity contribution in [2.75, 3.05) is 33.2 Å². The molecule has 1 atom stereocenters. The van der Waals surface area contributed by atoms with E-state index in [9.17, 15) is 5.21 Å². The van der Waals surface area contributed by atoms with Gasteiger partial charge in [0.05, 0.1) is 11.8 Å². The zero-order valence-corrected chi connectivity index (χ0v) is 10.7. The predicted molar refractivity (Wildman–Crippen MR) is 71.2 cm³/mol. The highest BCUT2D eigenvalue weighted by Gasteiger charge is 2.34. The maximum absolute atomic E-state index is 9.24. The Hall–Kier alpha value is -1.39. The van der Waals surface area contributed by atoms with E-state index < -0.39 is 0 Å². The minimum atomic E-state index is 0.180. The third-order valence-corrected chi connectivity index (χ3v) is 4.07. The van der Waals surface area contributed by atoms with Gasteiger partial charge >= 0.3 is 0 Å². The van der Waals surface area contributed by atoms with Crippen LogP contribution < -0.4 is 0 Å². The molecule has 1 aliphatic carbocycles. The third-order valence-electron chi connectivity index (χ3n) is 4.07. The molecule has 0 spiro atoms. The molecule has 0 saturated carbocycles. The highest BCUT2D eigenvalue weighted by atomic mass is 16.4. The van der Waals surface area contributed by atoms with Crippen LogP contribution in [0.1, 0.15) is 17.2 Å². The second-order valence-electron chi connectivity index (χ2n) is 5.21. The van der Waals surface area contributed by atoms with Crippen LogP contribution in [-0.2, 0) is 6.42 Å². The molecule has 0 amide bonds. The monoisotopic (exact) mass is 245 g/mol. The van der Waals surface area contributed by atoms with E-state index in [0.717, 1.165) is 38.3 Å². The molecule has 1 aromatic carbocycles. The molecule has 0 unspecified atom stereocenters. The molecule has 0 radical (unpaired) electrons. The van der Waals surface area contributed by atoms with Gasteiger partial charge in [-0.2, -0.15) is 0 Å². The number of hydrogen-bond donors (Lipinski definition) is 1. The molecule has 2 aliphatic rings. The van der Waals surface area contributed by atoms with Crippen LogP contribution in [0, 0.1) is 0 Å². The number of hydrogen-bond acceptors (Lipinski definition) is 4. The fourth-order valence-corrected chi connectivity index (χ4v) is 3.01. The van der Waals surface area contributed by atoms with Gasteiger partial charge in [-0.3, -0.25) is 4.90 Å². The summed E-state index contributed by atoms with van der Waals surface area (Å²) >= 11 is 0. The van der Waals surface area contributed by atoms with Gasteiger partial charge in [0.25, 0.3) is 0 Å². The Labute approximate surface area is 108 Å². The summed E-state index contributed by atoms with van der Waals surface area (Å²) < 4.78 is 0. The minimum absolute atomic E-state index is 0.180. The van der Waals surface area contributed by atoms with Crippen molar-refractivity contribution in [3.63, 3.8) is 0 Å². The summed E-state index contributed by atoms with van der Waals surface area (Å²) in [5.74, 6) is 0. The molecule has 18 heavy (non-hydrogen) atoms. The van der Waals surface area contributed by atoms with E-state index in [-0.39, 0.29) is 6.04 Å². The fraction of sp³-hybridized carbons (Fsp3) is 0.500. The van der Waals surface area contributed by atoms with Crippen molar-refractivity contribution in [2.24, 2.45) is 5.16 Å². The summed E-state index contributed by atoms with van der Waals surface area (Å²) in [7, 11) is 2.15. The average molecular weight is 245 g/mol. The number of fused-ring (bicyclic) bond motifs is 1. The molecule has 0 aromatic heterocycles. The van der Waals surface area contributed by atoms with Crippen molar-refractivity contribution in [1.82, 2.24) is 9.80 Å². The highest BCUT2D eigenvalue weighted by molar-refractivity contribution is 5.96. The van der Waals surface area contributed by atoms with Gasteiger partial charge in [-0.15, -0.1) is 0 Å². The SMILES string of the molecule is CN1CCN([C@H]2/C(=N\O)Cc3ccccc32)CC1. The van der Waals surface area contributed by atoms with Crippen LogP contribution in [0.5, 0.6) is 0 Å². The van der Waals surface area contributed by atoms with Gasteiger partial charge in [-0.05, 0) is 18.2 Å². The molecule has 1 N–H and O–H groups in total. The van der Waals surface area contributed by atoms with Crippen LogP contribution in [0.3, 0.4) is 0 Å². The molecular weight excluding hydrogens is 226 g/mol. The number of benzene rings is 1. The maximum Gasteiger partial charge on any atom is 0.0831 e. The Kier molecular flexibility index (Phi) is 3.06. The zero-order valence-electron chi connectivity index (χ0n) is 10.7. The summed E-state index contributed by atoms with van der Waals surface area (Å²) in [6.07, 6.45) is 0.781. The lowest BCUT2D eigenvalue weighted by Gasteiger charge is -2.36. The Morgan fingerprint density at radius 1 is 1.17 bits per heavy atom. The third kappa shape index (κ3) is 1.91. The first-order chi connectivity index (χ1) is 8.79. The molecule has 1 saturated heterocycles. The van der Waals surface area contributed by atoms with Crippen LogP contribution in [-0.4, -0.2) is 53.9 Å². The van der Waals surface area contributed by atoms with Crippen LogP contribution >= 0.6 is 0 Å². The topological polar surface area (TPSA) is 39.1 Å². The first-order valence-corrected chi connectivity index (χ1v) is 6.51. The van der Waals surface area contributed by atoms with Crippen molar-refractivity contribution in [3.8, 4) is 0 Å². The van der Waals surface area contributed by atoms with Crippen molar-refractivity contribution >= 4 is 5.71 Å². The van der Waals surface area contributed by atoms with E-state index in [4.69, 9.17) is 0 Å². The summed E-state index contributed by atoms with van der Waals surface area (Å²) in [4.78, 5) is 4.77. The summed E-state index contributed by atoms with van der Waals surface area (Å²) in [6, 6.07) is 8.61. The molecular formula is C14H19N3O. The van der Waals surface area contributed by atoms with Crippen LogP contribution in [0.15, 0.2) is 29.4 Å². The zero-order chi connectivity index (χ0) is 12.5. The summed E-state index contributed by atoms with van der Waals surface area (Å²) in [6.45, 7) is 4.23. The van der Waals surface area contributed by atoms with Gasteiger partial charge in [0.1, 0.15) is 0 Å². The van der Waals surface area contributed by atoms with E-state index in [1.54, 1.807) is 0 Å². The number of piperazine rings is 1. The molecule has 0 bridgehead atoms. The predicted octanol–water partition coefficient (Wildman–Crippen LogP) is 1.36. The van der Waals surface area contributed by atoms with Crippen molar-refractivity contribution in [3.05, 3.63) is 35.4 Å². The van der Waals surface area contributed by atoms with Crippen LogP contribution in [0.25, 0.3) is 0 Å². The van der Waals surface area contributed by atoms with Gasteiger partial charge in [-0.1, -0.05) is 29.4 Å². The van der Waals surface area contributed by atoms with Gasteiger partial charge < -0.3 is 10.1 Å². The standard InChI is InChI=1S/C14H19N3O/c1-16-6-8-17(9-7-16)14-12-5-3-2-4-11(12)10-13(14)15-18/h2-5,14,18H,6-10H2,1H3/b15-13-/t14-/m1/s1. The Balaban J connectivity index is 1.90. The average Bonchev–Trinajstić information content (AvgIpc) is 2.78. The van der Waals surface area contributed by atoms with Crippen molar-refractivity contribution in [1.29, 1.82) is 0 Å². The van der Waals surface area contributed by atoms with Crippen LogP contribution in [0.4, 0.5) is 0 Å². The normalized spacial score (nSPS) is 27.6. The Morgan fingerprint density at radius 2 is 1.89 bits per heavy atom. The number of likely N-dealkylation sites (N-methyl/N-ethyl adjacent to an activating group) is 1. The largest absolute Gasteiger partial charge is 0.411 e. The van der Waals surface area contributed by atoms with E-state index in [0.29, 0.717) is 0 Å². The van der Waals surface area contributed by atoms with Gasteiger partial charge in [-0.25, -0.2) is 0 Å². The van der Waals surface area contributed by atoms with Gasteiger partial charge in [0.15, 0.2) is 0 Å². The molecule has 1 heterocycles. The molecule has 4 nitrogen and oxygen atoms in total. The van der Waals surface area contributed by atoms with E-state index in [1.165, 1.54) is 11.1 Å². The lowest BCUT2D eigenvalue weighted by molar-refractivity contribution is 0.136. The number of nitrogens with zero attached hydrogens (tertiary/aromatic N) is 3. The summed E-state index contributed by atoms with van der Waals surface area (Å²) in [5.41, 5.74) is 3.50. The maximum atomic E-state index is 9.24. The van der Waals surface area contributed by atoms with E-state index in [2.05, 4.69) is 46.3 Å². The molecule has 4 heteroatoms. The molecule has 96 valence electrons. The number of oxime groups is 1. The molecule has 1 aliphatic heterocycles. The molecule has 1 aromatic rings. The quantitative estimate of drug-likeness (QED) is 0.600. The smallest absolute Gasteiger partial charge is 0.0831 e. The number of rotatable bonds is 1. The van der Waals surface area contributed by atoms with Crippen molar-refractivity contribution < 1.29 is 5.21 Å². The van der Waals surface area contributed by atoms with Crippen LogP contribution in [0.2, 0.25) is 0 Å². The second-order valence-corrected chi connectivity index (χ2v) is 5.21. The second kappa shape index (κ2) is 4.71. The highest BCUT2D eigenvalue weighted by Crippen LogP contribution is 2.34. The van der Waals surface area contributed by atoms with E-state index in [1.807, 2.05) is 0 Å². The molecule has 1 fully saturated rings. The first kappa shape index (κ1) is 11.7. The minimum Gasteiger partial charge on any atom is -0.411 e. The lowest BCUT2D eigenvalue weighted by Crippen LogP contribution is -2.47. The van der Waals surface area contributed by atoms with E-state index >= 15 is 0 Å². The molecule has 3 rings (SSSR count). The fourth-order valence-electron chi connectivity index (χ4n) is 3.01. The van der Waals surface area contributed by atoms with Gasteiger partial charge in [0.2, 0.25) is 0 Å². The lowest BCUT2D eigenvalue weighted by atomic mass is 10.1. The first-order valence-electron chi connectivity index (χ1n) is 6.51. The van der Waals surface area contributed by atoms with Gasteiger partial charge in [0, 0.05) is 32.6 Å². The van der Waals surface area contributed by atoms with Crippen molar-refractivity contribution in [2.45, 2.75) is 12.5 Å². The summed E-state index contributed by atoms with van der Waals surface area (Å²) in [5, 5.41) is 12.8. The Morgan fingerprint density at radius 3 is 2.61 bits per heavy atom.